The number of hydrogen-bond donors (Lipinski definition) is 1. The van der Waals surface area contributed by atoms with Crippen molar-refractivity contribution in [3.8, 4) is 0 Å². The average molecular weight is 442 g/mol. The first-order chi connectivity index (χ1) is 15.9. The molecule has 5 nitrogen and oxygen atoms in total. The smallest absolute Gasteiger partial charge is 0.303 e. The monoisotopic (exact) mass is 441 g/mol. The van der Waals surface area contributed by atoms with E-state index in [2.05, 4.69) is 45.9 Å². The Bertz CT molecular complexity index is 1020. The highest BCUT2D eigenvalue weighted by atomic mass is 16.4. The maximum atomic E-state index is 11.0. The van der Waals surface area contributed by atoms with Gasteiger partial charge >= 0.3 is 5.97 Å². The minimum absolute atomic E-state index is 0.0615. The molecule has 0 unspecified atom stereocenters. The summed E-state index contributed by atoms with van der Waals surface area (Å²) in [5.41, 5.74) is 3.48. The number of carboxylic acid groups (broad SMARTS) is 1. The standard InChI is InChI=1S/C25H22N2O2.C3H9N/c28-24(29)17-16-23-18-27(19-26-23)25(20-10-4-1-5-11-20,21-12-6-2-7-13-21)22-14-8-3-9-15-22;1-4(2)3/h1-15,18-19H,16-17H2,(H,28,29);1-3H3. The van der Waals surface area contributed by atoms with Gasteiger partial charge in [0, 0.05) is 12.6 Å². The van der Waals surface area contributed by atoms with Crippen LogP contribution in [0.1, 0.15) is 28.8 Å². The number of imidazole rings is 1. The van der Waals surface area contributed by atoms with Gasteiger partial charge in [0.2, 0.25) is 0 Å². The molecule has 0 spiro atoms. The fourth-order valence-electron chi connectivity index (χ4n) is 3.90. The van der Waals surface area contributed by atoms with Gasteiger partial charge in [-0.15, -0.1) is 0 Å². The molecule has 0 aliphatic carbocycles. The molecule has 3 aromatic carbocycles. The van der Waals surface area contributed by atoms with Crippen molar-refractivity contribution >= 4 is 5.97 Å². The molecule has 0 amide bonds. The number of benzene rings is 3. The van der Waals surface area contributed by atoms with Gasteiger partial charge in [-0.25, -0.2) is 4.98 Å². The Morgan fingerprint density at radius 1 is 0.818 bits per heavy atom. The summed E-state index contributed by atoms with van der Waals surface area (Å²) in [6.07, 6.45) is 4.24. The van der Waals surface area contributed by atoms with Crippen molar-refractivity contribution in [1.29, 1.82) is 0 Å². The number of aromatic nitrogens is 2. The molecule has 0 saturated carbocycles. The van der Waals surface area contributed by atoms with Gasteiger partial charge in [-0.2, -0.15) is 0 Å². The summed E-state index contributed by atoms with van der Waals surface area (Å²) in [4.78, 5) is 17.5. The van der Waals surface area contributed by atoms with Gasteiger partial charge in [0.25, 0.3) is 0 Å². The van der Waals surface area contributed by atoms with E-state index < -0.39 is 11.5 Å². The van der Waals surface area contributed by atoms with Crippen LogP contribution in [0, 0.1) is 0 Å². The Kier molecular flexibility index (Phi) is 8.17. The molecule has 0 radical (unpaired) electrons. The lowest BCUT2D eigenvalue weighted by atomic mass is 9.77. The van der Waals surface area contributed by atoms with E-state index in [0.29, 0.717) is 6.42 Å². The number of rotatable bonds is 7. The van der Waals surface area contributed by atoms with Crippen LogP contribution >= 0.6 is 0 Å². The molecule has 1 aromatic heterocycles. The Hall–Kier alpha value is -3.70. The lowest BCUT2D eigenvalue weighted by molar-refractivity contribution is -0.136. The zero-order valence-electron chi connectivity index (χ0n) is 19.4. The van der Waals surface area contributed by atoms with Crippen LogP contribution in [0.5, 0.6) is 0 Å². The Balaban J connectivity index is 0.000000709. The second kappa shape index (κ2) is 11.2. The van der Waals surface area contributed by atoms with Gasteiger partial charge < -0.3 is 14.6 Å². The van der Waals surface area contributed by atoms with Crippen molar-refractivity contribution in [2.24, 2.45) is 0 Å². The van der Waals surface area contributed by atoms with E-state index in [-0.39, 0.29) is 6.42 Å². The van der Waals surface area contributed by atoms with Crippen molar-refractivity contribution in [3.63, 3.8) is 0 Å². The van der Waals surface area contributed by atoms with Gasteiger partial charge in [-0.3, -0.25) is 4.79 Å². The first kappa shape index (κ1) is 24.0. The zero-order valence-corrected chi connectivity index (χ0v) is 19.4. The van der Waals surface area contributed by atoms with Gasteiger partial charge in [-0.1, -0.05) is 91.0 Å². The van der Waals surface area contributed by atoms with Crippen LogP contribution in [0.25, 0.3) is 0 Å². The average Bonchev–Trinajstić information content (AvgIpc) is 3.29. The van der Waals surface area contributed by atoms with Crippen molar-refractivity contribution in [2.45, 2.75) is 18.4 Å². The summed E-state index contributed by atoms with van der Waals surface area (Å²) in [6.45, 7) is 0. The van der Waals surface area contributed by atoms with Gasteiger partial charge in [0.15, 0.2) is 0 Å². The zero-order chi connectivity index (χ0) is 23.7. The number of carboxylic acids is 1. The van der Waals surface area contributed by atoms with Crippen molar-refractivity contribution in [3.05, 3.63) is 126 Å². The van der Waals surface area contributed by atoms with Crippen LogP contribution in [0.2, 0.25) is 0 Å². The molecule has 0 aliphatic rings. The summed E-state index contributed by atoms with van der Waals surface area (Å²) in [6, 6.07) is 31.0. The normalized spacial score (nSPS) is 11.0. The van der Waals surface area contributed by atoms with E-state index in [1.54, 1.807) is 0 Å². The summed E-state index contributed by atoms with van der Waals surface area (Å²) in [5.74, 6) is -0.819. The third-order valence-corrected chi connectivity index (χ3v) is 5.19. The van der Waals surface area contributed by atoms with Crippen LogP contribution in [-0.4, -0.2) is 46.7 Å². The summed E-state index contributed by atoms with van der Waals surface area (Å²) in [7, 11) is 6.00. The van der Waals surface area contributed by atoms with E-state index >= 15 is 0 Å². The second-order valence-electron chi connectivity index (χ2n) is 8.32. The Labute approximate surface area is 196 Å². The fourth-order valence-corrected chi connectivity index (χ4v) is 3.90. The highest BCUT2D eigenvalue weighted by molar-refractivity contribution is 5.67. The van der Waals surface area contributed by atoms with Crippen molar-refractivity contribution < 1.29 is 9.90 Å². The first-order valence-corrected chi connectivity index (χ1v) is 11.0. The quantitative estimate of drug-likeness (QED) is 0.414. The number of aliphatic carboxylic acids is 1. The maximum Gasteiger partial charge on any atom is 0.303 e. The minimum atomic E-state index is -0.819. The molecule has 1 N–H and O–H groups in total. The first-order valence-electron chi connectivity index (χ1n) is 11.0. The number of aryl methyl sites for hydroxylation is 1. The summed E-state index contributed by atoms with van der Waals surface area (Å²) < 4.78 is 2.10. The van der Waals surface area contributed by atoms with E-state index in [0.717, 1.165) is 22.4 Å². The van der Waals surface area contributed by atoms with Gasteiger partial charge in [0.05, 0.1) is 18.4 Å². The third kappa shape index (κ3) is 5.76. The van der Waals surface area contributed by atoms with Crippen LogP contribution in [0.4, 0.5) is 0 Å². The summed E-state index contributed by atoms with van der Waals surface area (Å²) >= 11 is 0. The number of hydrogen-bond acceptors (Lipinski definition) is 3. The number of nitrogens with zero attached hydrogens (tertiary/aromatic N) is 3. The topological polar surface area (TPSA) is 58.4 Å². The molecule has 170 valence electrons. The van der Waals surface area contributed by atoms with Crippen LogP contribution in [0.3, 0.4) is 0 Å². The van der Waals surface area contributed by atoms with Gasteiger partial charge in [0.1, 0.15) is 5.54 Å². The van der Waals surface area contributed by atoms with Crippen LogP contribution < -0.4 is 0 Å². The van der Waals surface area contributed by atoms with E-state index in [1.807, 2.05) is 93.2 Å². The lowest BCUT2D eigenvalue weighted by Gasteiger charge is -2.37. The number of carbonyl (C=O) groups is 1. The molecule has 4 rings (SSSR count). The maximum absolute atomic E-state index is 11.0. The predicted molar refractivity (Wildman–Crippen MR) is 132 cm³/mol. The minimum Gasteiger partial charge on any atom is -0.481 e. The van der Waals surface area contributed by atoms with Gasteiger partial charge in [-0.05, 0) is 37.8 Å². The SMILES string of the molecule is CN(C)C.O=C(O)CCc1cn(C(c2ccccc2)(c2ccccc2)c2ccccc2)cn1. The Morgan fingerprint density at radius 2 is 1.21 bits per heavy atom. The molecule has 0 bridgehead atoms. The lowest BCUT2D eigenvalue weighted by Crippen LogP contribution is -2.36. The highest BCUT2D eigenvalue weighted by Gasteiger charge is 2.38. The fraction of sp³-hybridized carbons (Fsp3) is 0.214. The molecule has 0 aliphatic heterocycles. The second-order valence-corrected chi connectivity index (χ2v) is 8.32. The molecule has 0 atom stereocenters. The molecule has 0 fully saturated rings. The molecule has 5 heteroatoms. The molecule has 0 saturated heterocycles. The largest absolute Gasteiger partial charge is 0.481 e. The highest BCUT2D eigenvalue weighted by Crippen LogP contribution is 2.40. The van der Waals surface area contributed by atoms with E-state index in [4.69, 9.17) is 5.11 Å². The van der Waals surface area contributed by atoms with Crippen molar-refractivity contribution in [2.75, 3.05) is 21.1 Å². The third-order valence-electron chi connectivity index (χ3n) is 5.19. The van der Waals surface area contributed by atoms with Crippen LogP contribution in [0.15, 0.2) is 104 Å². The van der Waals surface area contributed by atoms with E-state index in [1.165, 1.54) is 0 Å². The molecule has 4 aromatic rings. The molecule has 1 heterocycles. The van der Waals surface area contributed by atoms with Crippen molar-refractivity contribution in [1.82, 2.24) is 14.5 Å². The molecular weight excluding hydrogens is 410 g/mol. The predicted octanol–water partition coefficient (Wildman–Crippen LogP) is 4.92. The van der Waals surface area contributed by atoms with Crippen LogP contribution in [-0.2, 0) is 16.8 Å². The molecular formula is C28H31N3O2. The molecule has 33 heavy (non-hydrogen) atoms. The van der Waals surface area contributed by atoms with E-state index in [9.17, 15) is 4.79 Å². The summed E-state index contributed by atoms with van der Waals surface area (Å²) in [5, 5.41) is 9.04. The Morgan fingerprint density at radius 3 is 1.58 bits per heavy atom.